The molecule has 0 amide bonds. The minimum Gasteiger partial charge on any atom is -0.455 e. The molecule has 0 aliphatic heterocycles. The summed E-state index contributed by atoms with van der Waals surface area (Å²) >= 11 is 0. The molecule has 2 aromatic heterocycles. The van der Waals surface area contributed by atoms with Gasteiger partial charge >= 0.3 is 0 Å². The number of fused-ring (bicyclic) bond motifs is 5. The first-order chi connectivity index (χ1) is 23.3. The van der Waals surface area contributed by atoms with Gasteiger partial charge < -0.3 is 4.42 Å². The summed E-state index contributed by atoms with van der Waals surface area (Å²) in [4.78, 5) is 15.2. The Hall–Kier alpha value is -6.39. The van der Waals surface area contributed by atoms with Crippen molar-refractivity contribution >= 4 is 32.7 Å². The van der Waals surface area contributed by atoms with Crippen molar-refractivity contribution in [3.8, 4) is 56.4 Å². The van der Waals surface area contributed by atoms with E-state index in [4.69, 9.17) is 19.4 Å². The smallest absolute Gasteiger partial charge is 0.164 e. The molecule has 0 fully saturated rings. The first-order valence-electron chi connectivity index (χ1n) is 15.7. The summed E-state index contributed by atoms with van der Waals surface area (Å²) in [6.45, 7) is 0. The second kappa shape index (κ2) is 11.2. The fraction of sp³-hybridized carbons (Fsp3) is 0. The highest BCUT2D eigenvalue weighted by Gasteiger charge is 2.19. The van der Waals surface area contributed by atoms with Crippen LogP contribution in [0.25, 0.3) is 89.1 Å². The van der Waals surface area contributed by atoms with Crippen LogP contribution in [0, 0.1) is 0 Å². The number of benzene rings is 7. The quantitative estimate of drug-likeness (QED) is 0.197. The van der Waals surface area contributed by atoms with Gasteiger partial charge in [0.15, 0.2) is 17.5 Å². The Labute approximate surface area is 271 Å². The number of rotatable bonds is 5. The Kier molecular flexibility index (Phi) is 6.43. The fourth-order valence-corrected chi connectivity index (χ4v) is 6.38. The van der Waals surface area contributed by atoms with E-state index in [1.807, 2.05) is 42.5 Å². The molecule has 0 N–H and O–H groups in total. The predicted molar refractivity (Wildman–Crippen MR) is 192 cm³/mol. The molecule has 47 heavy (non-hydrogen) atoms. The summed E-state index contributed by atoms with van der Waals surface area (Å²) in [6, 6.07) is 56.3. The number of nitrogens with zero attached hydrogens (tertiary/aromatic N) is 3. The maximum atomic E-state index is 6.53. The van der Waals surface area contributed by atoms with Gasteiger partial charge in [-0.05, 0) is 45.8 Å². The largest absolute Gasteiger partial charge is 0.455 e. The molecule has 0 aliphatic carbocycles. The Bertz CT molecular complexity index is 2540. The molecule has 2 heterocycles. The standard InChI is InChI=1S/C43H27N3O/c1-4-12-28(13-5-1)30-20-22-32(23-21-30)42-44-41(31-16-8-3-9-17-31)45-43(46-42)38-27-37-36-26-33(29-14-6-2-7-15-29)24-25-39(36)47-40(37)35-19-11-10-18-34(35)38/h1-27H. The zero-order valence-electron chi connectivity index (χ0n) is 25.3. The van der Waals surface area contributed by atoms with Crippen LogP contribution < -0.4 is 0 Å². The molecular formula is C43H27N3O. The minimum absolute atomic E-state index is 0.618. The van der Waals surface area contributed by atoms with Crippen LogP contribution >= 0.6 is 0 Å². The molecular weight excluding hydrogens is 574 g/mol. The SMILES string of the molecule is c1ccc(-c2ccc(-c3nc(-c4ccccc4)nc(-c4cc5c6cc(-c7ccccc7)ccc6oc5c5ccccc45)n3)cc2)cc1. The van der Waals surface area contributed by atoms with Gasteiger partial charge in [-0.15, -0.1) is 0 Å². The molecule has 4 nitrogen and oxygen atoms in total. The third kappa shape index (κ3) is 4.84. The number of aromatic nitrogens is 3. The van der Waals surface area contributed by atoms with Crippen LogP contribution in [-0.4, -0.2) is 15.0 Å². The highest BCUT2D eigenvalue weighted by Crippen LogP contribution is 2.40. The maximum Gasteiger partial charge on any atom is 0.164 e. The van der Waals surface area contributed by atoms with Gasteiger partial charge in [0.2, 0.25) is 0 Å². The van der Waals surface area contributed by atoms with E-state index in [9.17, 15) is 0 Å². The molecule has 0 bridgehead atoms. The van der Waals surface area contributed by atoms with Crippen LogP contribution in [0.5, 0.6) is 0 Å². The molecule has 0 saturated heterocycles. The van der Waals surface area contributed by atoms with Crippen LogP contribution in [0.2, 0.25) is 0 Å². The van der Waals surface area contributed by atoms with Crippen molar-refractivity contribution in [1.82, 2.24) is 15.0 Å². The van der Waals surface area contributed by atoms with Gasteiger partial charge in [-0.3, -0.25) is 0 Å². The van der Waals surface area contributed by atoms with E-state index in [1.165, 1.54) is 5.56 Å². The number of hydrogen-bond acceptors (Lipinski definition) is 4. The maximum absolute atomic E-state index is 6.53. The summed E-state index contributed by atoms with van der Waals surface area (Å²) in [5.74, 6) is 1.87. The summed E-state index contributed by atoms with van der Waals surface area (Å²) in [6.07, 6.45) is 0. The van der Waals surface area contributed by atoms with Gasteiger partial charge in [-0.1, -0.05) is 146 Å². The van der Waals surface area contributed by atoms with E-state index in [0.29, 0.717) is 17.5 Å². The van der Waals surface area contributed by atoms with Crippen LogP contribution in [-0.2, 0) is 0 Å². The lowest BCUT2D eigenvalue weighted by Crippen LogP contribution is -2.00. The topological polar surface area (TPSA) is 51.8 Å². The molecule has 0 unspecified atom stereocenters. The van der Waals surface area contributed by atoms with Gasteiger partial charge in [0.1, 0.15) is 11.2 Å². The summed E-state index contributed by atoms with van der Waals surface area (Å²) in [5.41, 5.74) is 9.12. The Morgan fingerprint density at radius 3 is 1.45 bits per heavy atom. The lowest BCUT2D eigenvalue weighted by atomic mass is 9.98. The van der Waals surface area contributed by atoms with Crippen molar-refractivity contribution in [3.05, 3.63) is 164 Å². The molecule has 0 saturated carbocycles. The molecule has 220 valence electrons. The highest BCUT2D eigenvalue weighted by atomic mass is 16.3. The molecule has 9 rings (SSSR count). The summed E-state index contributed by atoms with van der Waals surface area (Å²) < 4.78 is 6.53. The lowest BCUT2D eigenvalue weighted by Gasteiger charge is -2.11. The van der Waals surface area contributed by atoms with Crippen molar-refractivity contribution in [2.75, 3.05) is 0 Å². The minimum atomic E-state index is 0.618. The molecule has 0 spiro atoms. The second-order valence-electron chi connectivity index (χ2n) is 11.6. The van der Waals surface area contributed by atoms with Crippen molar-refractivity contribution in [3.63, 3.8) is 0 Å². The molecule has 0 aliphatic rings. The van der Waals surface area contributed by atoms with Crippen molar-refractivity contribution in [1.29, 1.82) is 0 Å². The van der Waals surface area contributed by atoms with Crippen molar-refractivity contribution in [2.24, 2.45) is 0 Å². The fourth-order valence-electron chi connectivity index (χ4n) is 6.38. The Morgan fingerprint density at radius 1 is 0.319 bits per heavy atom. The van der Waals surface area contributed by atoms with E-state index in [1.54, 1.807) is 0 Å². The van der Waals surface area contributed by atoms with E-state index in [2.05, 4.69) is 121 Å². The average molecular weight is 602 g/mol. The van der Waals surface area contributed by atoms with Gasteiger partial charge in [0, 0.05) is 32.8 Å². The van der Waals surface area contributed by atoms with Crippen LogP contribution in [0.4, 0.5) is 0 Å². The van der Waals surface area contributed by atoms with Gasteiger partial charge in [0.25, 0.3) is 0 Å². The summed E-state index contributed by atoms with van der Waals surface area (Å²) in [7, 11) is 0. The van der Waals surface area contributed by atoms with Crippen molar-refractivity contribution in [2.45, 2.75) is 0 Å². The Balaban J connectivity index is 1.27. The van der Waals surface area contributed by atoms with Crippen LogP contribution in [0.1, 0.15) is 0 Å². The van der Waals surface area contributed by atoms with E-state index in [0.717, 1.165) is 66.1 Å². The predicted octanol–water partition coefficient (Wildman–Crippen LogP) is 11.3. The van der Waals surface area contributed by atoms with Gasteiger partial charge in [0.05, 0.1) is 0 Å². The third-order valence-corrected chi connectivity index (χ3v) is 8.74. The third-order valence-electron chi connectivity index (χ3n) is 8.74. The number of hydrogen-bond donors (Lipinski definition) is 0. The second-order valence-corrected chi connectivity index (χ2v) is 11.6. The first kappa shape index (κ1) is 27.0. The normalized spacial score (nSPS) is 11.4. The van der Waals surface area contributed by atoms with Gasteiger partial charge in [-0.2, -0.15) is 0 Å². The zero-order valence-corrected chi connectivity index (χ0v) is 25.3. The lowest BCUT2D eigenvalue weighted by molar-refractivity contribution is 0.673. The molecule has 0 atom stereocenters. The molecule has 7 aromatic carbocycles. The van der Waals surface area contributed by atoms with E-state index < -0.39 is 0 Å². The number of furan rings is 1. The molecule has 9 aromatic rings. The first-order valence-corrected chi connectivity index (χ1v) is 15.7. The highest BCUT2D eigenvalue weighted by molar-refractivity contribution is 6.19. The monoisotopic (exact) mass is 601 g/mol. The van der Waals surface area contributed by atoms with E-state index >= 15 is 0 Å². The van der Waals surface area contributed by atoms with Crippen LogP contribution in [0.15, 0.2) is 168 Å². The molecule has 4 heteroatoms. The van der Waals surface area contributed by atoms with Crippen LogP contribution in [0.3, 0.4) is 0 Å². The molecule has 0 radical (unpaired) electrons. The average Bonchev–Trinajstić information content (AvgIpc) is 3.53. The Morgan fingerprint density at radius 2 is 0.787 bits per heavy atom. The van der Waals surface area contributed by atoms with E-state index in [-0.39, 0.29) is 0 Å². The zero-order chi connectivity index (χ0) is 31.2. The summed E-state index contributed by atoms with van der Waals surface area (Å²) in [5, 5.41) is 4.13. The van der Waals surface area contributed by atoms with Gasteiger partial charge in [-0.25, -0.2) is 15.0 Å². The van der Waals surface area contributed by atoms with Crippen molar-refractivity contribution < 1.29 is 4.42 Å².